The van der Waals surface area contributed by atoms with Crippen molar-refractivity contribution >= 4 is 17.2 Å². The van der Waals surface area contributed by atoms with Crippen LogP contribution in [0.25, 0.3) is 27.9 Å². The number of halogens is 1. The summed E-state index contributed by atoms with van der Waals surface area (Å²) in [6.45, 7) is 0.218. The van der Waals surface area contributed by atoms with Crippen molar-refractivity contribution in [1.29, 1.82) is 10.5 Å². The summed E-state index contributed by atoms with van der Waals surface area (Å²) in [6.07, 6.45) is 3.61. The number of benzene rings is 2. The van der Waals surface area contributed by atoms with Crippen molar-refractivity contribution in [2.45, 2.75) is 13.0 Å². The van der Waals surface area contributed by atoms with Gasteiger partial charge in [-0.05, 0) is 52.1 Å². The van der Waals surface area contributed by atoms with Gasteiger partial charge in [0.15, 0.2) is 5.65 Å². The van der Waals surface area contributed by atoms with Crippen LogP contribution in [0.2, 0.25) is 5.02 Å². The van der Waals surface area contributed by atoms with E-state index >= 15 is 0 Å². The highest BCUT2D eigenvalue weighted by molar-refractivity contribution is 6.30. The summed E-state index contributed by atoms with van der Waals surface area (Å²) in [5.41, 5.74) is 5.72. The molecule has 0 spiro atoms. The van der Waals surface area contributed by atoms with Gasteiger partial charge < -0.3 is 0 Å². The van der Waals surface area contributed by atoms with Crippen molar-refractivity contribution < 1.29 is 0 Å². The minimum absolute atomic E-state index is 0.218. The molecule has 168 valence electrons. The Kier molecular flexibility index (Phi) is 5.85. The standard InChI is InChI=1S/C27H17ClN6O/c28-22-8-6-20(7-9-22)24-12-14-33-26(25(24)21-4-1-18(2-5-21)11-13-29)32-34(27(33)35)17-19-3-10-23(15-30)31-16-19/h1-10,12,14,16H,11,17H2. The Balaban J connectivity index is 1.69. The van der Waals surface area contributed by atoms with Gasteiger partial charge in [0.05, 0.1) is 19.0 Å². The Morgan fingerprint density at radius 1 is 0.886 bits per heavy atom. The molecule has 0 unspecified atom stereocenters. The zero-order valence-corrected chi connectivity index (χ0v) is 19.1. The van der Waals surface area contributed by atoms with E-state index in [0.29, 0.717) is 22.8 Å². The van der Waals surface area contributed by atoms with Gasteiger partial charge >= 0.3 is 5.69 Å². The topological polar surface area (TPSA) is 99.8 Å². The van der Waals surface area contributed by atoms with E-state index in [1.54, 1.807) is 24.5 Å². The van der Waals surface area contributed by atoms with Gasteiger partial charge in [-0.1, -0.05) is 54.1 Å². The fourth-order valence-electron chi connectivity index (χ4n) is 3.97. The summed E-state index contributed by atoms with van der Waals surface area (Å²) in [4.78, 5) is 17.3. The smallest absolute Gasteiger partial charge is 0.250 e. The van der Waals surface area contributed by atoms with Crippen LogP contribution in [0, 0.1) is 22.7 Å². The molecule has 8 heteroatoms. The van der Waals surface area contributed by atoms with Crippen LogP contribution < -0.4 is 5.69 Å². The molecular weight excluding hydrogens is 460 g/mol. The highest BCUT2D eigenvalue weighted by Crippen LogP contribution is 2.35. The van der Waals surface area contributed by atoms with Crippen LogP contribution in [-0.2, 0) is 13.0 Å². The van der Waals surface area contributed by atoms with Crippen LogP contribution in [0.15, 0.2) is 83.9 Å². The summed E-state index contributed by atoms with van der Waals surface area (Å²) in [6, 6.07) is 24.6. The molecule has 35 heavy (non-hydrogen) atoms. The molecule has 0 aliphatic rings. The SMILES string of the molecule is N#CCc1ccc(-c2c(-c3ccc(Cl)cc3)ccn3c(=O)n(Cc4ccc(C#N)nc4)nc23)cc1. The molecule has 0 amide bonds. The van der Waals surface area contributed by atoms with Gasteiger partial charge in [0, 0.05) is 23.0 Å². The van der Waals surface area contributed by atoms with Gasteiger partial charge in [-0.25, -0.2) is 18.9 Å². The lowest BCUT2D eigenvalue weighted by Gasteiger charge is -2.12. The summed E-state index contributed by atoms with van der Waals surface area (Å²) < 4.78 is 2.91. The zero-order valence-electron chi connectivity index (χ0n) is 18.4. The van der Waals surface area contributed by atoms with Crippen LogP contribution in [0.1, 0.15) is 16.8 Å². The maximum Gasteiger partial charge on any atom is 0.350 e. The molecule has 0 radical (unpaired) electrons. The number of hydrogen-bond donors (Lipinski definition) is 0. The molecular formula is C27H17ClN6O. The summed E-state index contributed by atoms with van der Waals surface area (Å²) in [5, 5.41) is 23.3. The quantitative estimate of drug-likeness (QED) is 0.360. The van der Waals surface area contributed by atoms with Gasteiger partial charge in [0.1, 0.15) is 11.8 Å². The third-order valence-corrected chi connectivity index (χ3v) is 5.96. The number of hydrogen-bond acceptors (Lipinski definition) is 5. The second-order valence-corrected chi connectivity index (χ2v) is 8.38. The Bertz CT molecular complexity index is 1670. The Morgan fingerprint density at radius 3 is 2.26 bits per heavy atom. The van der Waals surface area contributed by atoms with Crippen molar-refractivity contribution in [3.8, 4) is 34.4 Å². The first-order valence-corrected chi connectivity index (χ1v) is 11.1. The molecule has 0 saturated carbocycles. The minimum atomic E-state index is -0.283. The average molecular weight is 477 g/mol. The van der Waals surface area contributed by atoms with E-state index in [-0.39, 0.29) is 12.2 Å². The lowest BCUT2D eigenvalue weighted by atomic mass is 9.95. The normalized spacial score (nSPS) is 10.7. The predicted molar refractivity (Wildman–Crippen MR) is 133 cm³/mol. The molecule has 2 aromatic carbocycles. The second-order valence-electron chi connectivity index (χ2n) is 7.94. The number of fused-ring (bicyclic) bond motifs is 1. The predicted octanol–water partition coefficient (Wildman–Crippen LogP) is 4.86. The average Bonchev–Trinajstić information content (AvgIpc) is 3.20. The van der Waals surface area contributed by atoms with Crippen LogP contribution in [0.3, 0.4) is 0 Å². The lowest BCUT2D eigenvalue weighted by molar-refractivity contribution is 0.657. The molecule has 3 heterocycles. The van der Waals surface area contributed by atoms with E-state index in [1.807, 2.05) is 60.7 Å². The molecule has 0 aliphatic heterocycles. The Hall–Kier alpha value is -4.72. The first-order chi connectivity index (χ1) is 17.1. The molecule has 0 fully saturated rings. The molecule has 0 aliphatic carbocycles. The Morgan fingerprint density at radius 2 is 1.60 bits per heavy atom. The van der Waals surface area contributed by atoms with Crippen molar-refractivity contribution in [3.63, 3.8) is 0 Å². The van der Waals surface area contributed by atoms with Crippen LogP contribution >= 0.6 is 11.6 Å². The number of nitriles is 2. The molecule has 5 rings (SSSR count). The molecule has 0 bridgehead atoms. The van der Waals surface area contributed by atoms with E-state index in [9.17, 15) is 4.79 Å². The maximum absolute atomic E-state index is 13.2. The molecule has 0 saturated heterocycles. The number of pyridine rings is 2. The van der Waals surface area contributed by atoms with E-state index < -0.39 is 0 Å². The van der Waals surface area contributed by atoms with Gasteiger partial charge in [0.2, 0.25) is 0 Å². The highest BCUT2D eigenvalue weighted by atomic mass is 35.5. The van der Waals surface area contributed by atoms with E-state index in [2.05, 4.69) is 16.2 Å². The van der Waals surface area contributed by atoms with Crippen LogP contribution in [0.4, 0.5) is 0 Å². The fraction of sp³-hybridized carbons (Fsp3) is 0.0741. The van der Waals surface area contributed by atoms with Gasteiger partial charge in [0.25, 0.3) is 0 Å². The van der Waals surface area contributed by atoms with E-state index in [1.165, 1.54) is 9.08 Å². The number of aromatic nitrogens is 4. The molecule has 3 aromatic heterocycles. The van der Waals surface area contributed by atoms with Crippen molar-refractivity contribution in [2.75, 3.05) is 0 Å². The monoisotopic (exact) mass is 476 g/mol. The van der Waals surface area contributed by atoms with Crippen molar-refractivity contribution in [1.82, 2.24) is 19.2 Å². The largest absolute Gasteiger partial charge is 0.350 e. The van der Waals surface area contributed by atoms with Gasteiger partial charge in [-0.2, -0.15) is 10.5 Å². The maximum atomic E-state index is 13.2. The second kappa shape index (κ2) is 9.26. The zero-order chi connectivity index (χ0) is 24.4. The first kappa shape index (κ1) is 22.1. The molecule has 7 nitrogen and oxygen atoms in total. The summed E-state index contributed by atoms with van der Waals surface area (Å²) in [7, 11) is 0. The number of nitrogens with zero attached hydrogens (tertiary/aromatic N) is 6. The highest BCUT2D eigenvalue weighted by Gasteiger charge is 2.18. The molecule has 0 N–H and O–H groups in total. The lowest BCUT2D eigenvalue weighted by Crippen LogP contribution is -2.21. The molecule has 5 aromatic rings. The first-order valence-electron chi connectivity index (χ1n) is 10.8. The van der Waals surface area contributed by atoms with Crippen LogP contribution in [-0.4, -0.2) is 19.2 Å². The van der Waals surface area contributed by atoms with E-state index in [4.69, 9.17) is 22.1 Å². The summed E-state index contributed by atoms with van der Waals surface area (Å²) >= 11 is 6.11. The Labute approximate surface area is 205 Å². The van der Waals surface area contributed by atoms with Gasteiger partial charge in [-0.3, -0.25) is 0 Å². The van der Waals surface area contributed by atoms with Crippen molar-refractivity contribution in [2.24, 2.45) is 0 Å². The minimum Gasteiger partial charge on any atom is -0.250 e. The van der Waals surface area contributed by atoms with Crippen molar-refractivity contribution in [3.05, 3.63) is 111 Å². The van der Waals surface area contributed by atoms with Gasteiger partial charge in [-0.15, -0.1) is 5.10 Å². The fourth-order valence-corrected chi connectivity index (χ4v) is 4.10. The summed E-state index contributed by atoms with van der Waals surface area (Å²) in [5.74, 6) is 0. The molecule has 0 atom stereocenters. The number of rotatable bonds is 5. The third-order valence-electron chi connectivity index (χ3n) is 5.71. The van der Waals surface area contributed by atoms with Crippen LogP contribution in [0.5, 0.6) is 0 Å². The third kappa shape index (κ3) is 4.29. The van der Waals surface area contributed by atoms with E-state index in [0.717, 1.165) is 33.4 Å².